The van der Waals surface area contributed by atoms with Crippen molar-refractivity contribution in [3.63, 3.8) is 0 Å². The van der Waals surface area contributed by atoms with E-state index in [1.165, 1.54) is 11.8 Å². The van der Waals surface area contributed by atoms with E-state index in [-0.39, 0.29) is 5.91 Å². The second-order valence-corrected chi connectivity index (χ2v) is 7.02. The van der Waals surface area contributed by atoms with Crippen LogP contribution in [-0.4, -0.2) is 56.5 Å². The summed E-state index contributed by atoms with van der Waals surface area (Å²) in [5.41, 5.74) is 2.28. The maximum atomic E-state index is 12.7. The normalized spacial score (nSPS) is 21.2. The number of hydrogen-bond acceptors (Lipinski definition) is 7. The van der Waals surface area contributed by atoms with Gasteiger partial charge in [-0.1, -0.05) is 36.1 Å². The summed E-state index contributed by atoms with van der Waals surface area (Å²) in [6.45, 7) is 2.53. The Morgan fingerprint density at radius 3 is 2.75 bits per heavy atom. The molecule has 3 heterocycles. The van der Waals surface area contributed by atoms with Crippen LogP contribution in [0.2, 0.25) is 0 Å². The molecule has 1 amide bonds. The highest BCUT2D eigenvalue weighted by Crippen LogP contribution is 2.33. The molecule has 4 rings (SSSR count). The highest BCUT2D eigenvalue weighted by atomic mass is 32.2. The number of ether oxygens (including phenoxy) is 1. The van der Waals surface area contributed by atoms with Crippen molar-refractivity contribution >= 4 is 51.3 Å². The van der Waals surface area contributed by atoms with E-state index in [0.29, 0.717) is 41.2 Å². The summed E-state index contributed by atoms with van der Waals surface area (Å²) >= 11 is 6.67. The molecule has 6 nitrogen and oxygen atoms in total. The Morgan fingerprint density at radius 2 is 1.96 bits per heavy atom. The second-order valence-electron chi connectivity index (χ2n) is 5.34. The molecular formula is C16H14N4O2S2. The molecule has 122 valence electrons. The zero-order chi connectivity index (χ0) is 16.5. The number of thiocarbonyl (C=S) groups is 1. The van der Waals surface area contributed by atoms with Crippen molar-refractivity contribution in [2.45, 2.75) is 0 Å². The summed E-state index contributed by atoms with van der Waals surface area (Å²) in [5, 5.41) is 3.51. The topological polar surface area (TPSA) is 58.6 Å². The minimum atomic E-state index is -0.109. The van der Waals surface area contributed by atoms with E-state index in [1.807, 2.05) is 29.3 Å². The number of morpholine rings is 1. The molecule has 0 aliphatic carbocycles. The van der Waals surface area contributed by atoms with Gasteiger partial charge < -0.3 is 4.74 Å². The summed E-state index contributed by atoms with van der Waals surface area (Å²) in [4.78, 5) is 22.2. The largest absolute Gasteiger partial charge is 0.379 e. The van der Waals surface area contributed by atoms with Gasteiger partial charge in [0.1, 0.15) is 0 Å². The molecule has 0 spiro atoms. The third kappa shape index (κ3) is 2.93. The fourth-order valence-electron chi connectivity index (χ4n) is 2.63. The van der Waals surface area contributed by atoms with Gasteiger partial charge in [0, 0.05) is 13.1 Å². The molecule has 1 aromatic carbocycles. The van der Waals surface area contributed by atoms with Gasteiger partial charge in [0.2, 0.25) is 0 Å². The van der Waals surface area contributed by atoms with Gasteiger partial charge in [-0.3, -0.25) is 9.78 Å². The number of fused-ring (bicyclic) bond motifs is 1. The number of para-hydroxylation sites is 2. The van der Waals surface area contributed by atoms with E-state index in [0.717, 1.165) is 11.0 Å². The first-order valence-corrected chi connectivity index (χ1v) is 8.77. The first-order chi connectivity index (χ1) is 11.7. The minimum absolute atomic E-state index is 0.109. The molecule has 2 saturated heterocycles. The van der Waals surface area contributed by atoms with Crippen LogP contribution in [0.15, 0.2) is 35.4 Å². The van der Waals surface area contributed by atoms with E-state index >= 15 is 0 Å². The van der Waals surface area contributed by atoms with Crippen LogP contribution in [0.25, 0.3) is 17.1 Å². The van der Waals surface area contributed by atoms with Gasteiger partial charge in [-0.05, 0) is 18.2 Å². The third-order valence-electron chi connectivity index (χ3n) is 3.79. The number of carbonyl (C=O) groups excluding carboxylic acids is 1. The maximum Gasteiger partial charge on any atom is 0.281 e. The predicted octanol–water partition coefficient (Wildman–Crippen LogP) is 2.08. The Hall–Kier alpha value is -1.87. The summed E-state index contributed by atoms with van der Waals surface area (Å²) in [6.07, 6.45) is 3.42. The first-order valence-electron chi connectivity index (χ1n) is 7.55. The van der Waals surface area contributed by atoms with Crippen molar-refractivity contribution in [2.24, 2.45) is 0 Å². The third-order valence-corrected chi connectivity index (χ3v) is 5.07. The first kappa shape index (κ1) is 15.6. The maximum absolute atomic E-state index is 12.7. The van der Waals surface area contributed by atoms with Crippen molar-refractivity contribution in [2.75, 3.05) is 26.3 Å². The number of nitrogens with zero attached hydrogens (tertiary/aromatic N) is 4. The van der Waals surface area contributed by atoms with Gasteiger partial charge in [-0.15, -0.1) is 0 Å². The van der Waals surface area contributed by atoms with Crippen LogP contribution in [0.4, 0.5) is 0 Å². The molecule has 8 heteroatoms. The van der Waals surface area contributed by atoms with E-state index in [4.69, 9.17) is 17.0 Å². The number of carbonyl (C=O) groups is 1. The van der Waals surface area contributed by atoms with Gasteiger partial charge in [0.25, 0.3) is 5.91 Å². The van der Waals surface area contributed by atoms with Crippen LogP contribution in [0.3, 0.4) is 0 Å². The van der Waals surface area contributed by atoms with E-state index < -0.39 is 0 Å². The van der Waals surface area contributed by atoms with Gasteiger partial charge in [0.15, 0.2) is 4.32 Å². The number of hydrogen-bond donors (Lipinski definition) is 0. The number of amides is 1. The number of rotatable bonds is 2. The van der Waals surface area contributed by atoms with Crippen molar-refractivity contribution in [1.29, 1.82) is 0 Å². The number of hydrazine groups is 1. The Morgan fingerprint density at radius 1 is 1.21 bits per heavy atom. The fourth-order valence-corrected chi connectivity index (χ4v) is 3.93. The lowest BCUT2D eigenvalue weighted by molar-refractivity contribution is -0.138. The van der Waals surface area contributed by atoms with Crippen molar-refractivity contribution in [3.8, 4) is 0 Å². The van der Waals surface area contributed by atoms with Crippen molar-refractivity contribution in [1.82, 2.24) is 20.0 Å². The lowest BCUT2D eigenvalue weighted by atomic mass is 10.3. The predicted molar refractivity (Wildman–Crippen MR) is 96.9 cm³/mol. The lowest BCUT2D eigenvalue weighted by Gasteiger charge is -2.33. The molecule has 2 aliphatic heterocycles. The number of benzene rings is 1. The second kappa shape index (κ2) is 6.56. The molecule has 0 radical (unpaired) electrons. The van der Waals surface area contributed by atoms with Crippen LogP contribution in [-0.2, 0) is 9.53 Å². The molecule has 0 saturated carbocycles. The smallest absolute Gasteiger partial charge is 0.281 e. The quantitative estimate of drug-likeness (QED) is 0.602. The zero-order valence-electron chi connectivity index (χ0n) is 12.7. The Labute approximate surface area is 148 Å². The van der Waals surface area contributed by atoms with Gasteiger partial charge in [0.05, 0.1) is 41.0 Å². The lowest BCUT2D eigenvalue weighted by Crippen LogP contribution is -2.50. The minimum Gasteiger partial charge on any atom is -0.379 e. The van der Waals surface area contributed by atoms with E-state index in [2.05, 4.69) is 9.97 Å². The van der Waals surface area contributed by atoms with Gasteiger partial charge in [-0.2, -0.15) is 0 Å². The van der Waals surface area contributed by atoms with Gasteiger partial charge in [-0.25, -0.2) is 15.0 Å². The van der Waals surface area contributed by atoms with Crippen LogP contribution in [0.1, 0.15) is 5.69 Å². The highest BCUT2D eigenvalue weighted by Gasteiger charge is 2.37. The summed E-state index contributed by atoms with van der Waals surface area (Å²) in [7, 11) is 0. The van der Waals surface area contributed by atoms with E-state index in [1.54, 1.807) is 17.3 Å². The standard InChI is InChI=1S/C16H14N4O2S2/c21-15-14(24-16(23)20(15)19-5-7-22-8-6-19)9-11-10-17-12-3-1-2-4-13(12)18-11/h1-4,9-10H,5-8H2. The van der Waals surface area contributed by atoms with Crippen LogP contribution >= 0.6 is 24.0 Å². The van der Waals surface area contributed by atoms with Crippen LogP contribution in [0, 0.1) is 0 Å². The Balaban J connectivity index is 1.62. The zero-order valence-corrected chi connectivity index (χ0v) is 14.3. The van der Waals surface area contributed by atoms with Crippen molar-refractivity contribution in [3.05, 3.63) is 41.1 Å². The Kier molecular flexibility index (Phi) is 4.28. The molecule has 24 heavy (non-hydrogen) atoms. The molecule has 0 atom stereocenters. The molecule has 1 aromatic heterocycles. The summed E-state index contributed by atoms with van der Waals surface area (Å²) in [5.74, 6) is -0.109. The SMILES string of the molecule is O=C1C(=Cc2cnc3ccccc3n2)SC(=S)N1N1CCOCC1. The molecular weight excluding hydrogens is 344 g/mol. The fraction of sp³-hybridized carbons (Fsp3) is 0.250. The molecule has 0 unspecified atom stereocenters. The molecule has 0 N–H and O–H groups in total. The molecule has 0 bridgehead atoms. The van der Waals surface area contributed by atoms with Crippen molar-refractivity contribution < 1.29 is 9.53 Å². The molecule has 2 fully saturated rings. The summed E-state index contributed by atoms with van der Waals surface area (Å²) < 4.78 is 5.87. The molecule has 2 aromatic rings. The number of thioether (sulfide) groups is 1. The highest BCUT2D eigenvalue weighted by molar-refractivity contribution is 8.26. The van der Waals surface area contributed by atoms with E-state index in [9.17, 15) is 4.79 Å². The van der Waals surface area contributed by atoms with Gasteiger partial charge >= 0.3 is 0 Å². The Bertz CT molecular complexity index is 849. The van der Waals surface area contributed by atoms with Crippen LogP contribution in [0.5, 0.6) is 0 Å². The molecule has 2 aliphatic rings. The average Bonchev–Trinajstić information content (AvgIpc) is 2.89. The monoisotopic (exact) mass is 358 g/mol. The average molecular weight is 358 g/mol. The summed E-state index contributed by atoms with van der Waals surface area (Å²) in [6, 6.07) is 7.64. The van der Waals surface area contributed by atoms with Crippen LogP contribution < -0.4 is 0 Å². The number of aromatic nitrogens is 2.